The van der Waals surface area contributed by atoms with Gasteiger partial charge in [-0.05, 0) is 32.3 Å². The largest absolute Gasteiger partial charge is 0.271 e. The molecule has 0 heterocycles. The summed E-state index contributed by atoms with van der Waals surface area (Å²) in [4.78, 5) is 0. The average Bonchev–Trinajstić information content (AvgIpc) is 2.28. The molecule has 1 aromatic rings. The van der Waals surface area contributed by atoms with Gasteiger partial charge in [0.25, 0.3) is 0 Å². The number of rotatable bonds is 5. The van der Waals surface area contributed by atoms with Crippen molar-refractivity contribution in [2.24, 2.45) is 5.84 Å². The Labute approximate surface area is 98.2 Å². The molecule has 3 N–H and O–H groups in total. The van der Waals surface area contributed by atoms with E-state index in [2.05, 4.69) is 48.5 Å². The Hall–Kier alpha value is -1.30. The maximum atomic E-state index is 5.54. The summed E-state index contributed by atoms with van der Waals surface area (Å²) in [7, 11) is 0. The van der Waals surface area contributed by atoms with Crippen molar-refractivity contribution in [2.45, 2.75) is 39.2 Å². The lowest BCUT2D eigenvalue weighted by atomic mass is 10.0. The zero-order valence-corrected chi connectivity index (χ0v) is 10.1. The Morgan fingerprint density at radius 2 is 2.25 bits per heavy atom. The van der Waals surface area contributed by atoms with Crippen molar-refractivity contribution in [3.05, 3.63) is 35.4 Å². The summed E-state index contributed by atoms with van der Waals surface area (Å²) in [5.74, 6) is 11.5. The fraction of sp³-hybridized carbons (Fsp3) is 0.429. The standard InChI is InChI=1S/C14H20N2/c1-3-4-5-9-14(16-15)11-13-8-6-7-12(2)10-13/h6-8,10,14,16H,5,9,11,15H2,1-2H3. The van der Waals surface area contributed by atoms with Crippen LogP contribution in [0.2, 0.25) is 0 Å². The number of nitrogens with one attached hydrogen (secondary N) is 1. The number of nitrogens with two attached hydrogens (primary N) is 1. The third kappa shape index (κ3) is 4.48. The molecule has 0 fully saturated rings. The molecule has 1 unspecified atom stereocenters. The first-order chi connectivity index (χ1) is 7.76. The smallest absolute Gasteiger partial charge is 0.0260 e. The predicted molar refractivity (Wildman–Crippen MR) is 68.7 cm³/mol. The molecule has 0 bridgehead atoms. The first kappa shape index (κ1) is 12.8. The van der Waals surface area contributed by atoms with Gasteiger partial charge >= 0.3 is 0 Å². The second-order valence-electron chi connectivity index (χ2n) is 4.02. The predicted octanol–water partition coefficient (Wildman–Crippen LogP) is 2.17. The van der Waals surface area contributed by atoms with Gasteiger partial charge in [-0.25, -0.2) is 0 Å². The van der Waals surface area contributed by atoms with E-state index in [1.54, 1.807) is 0 Å². The number of hydrazine groups is 1. The van der Waals surface area contributed by atoms with Crippen LogP contribution >= 0.6 is 0 Å². The van der Waals surface area contributed by atoms with Crippen molar-refractivity contribution in [3.8, 4) is 11.8 Å². The topological polar surface area (TPSA) is 38.0 Å². The first-order valence-corrected chi connectivity index (χ1v) is 5.67. The van der Waals surface area contributed by atoms with Crippen LogP contribution in [-0.2, 0) is 6.42 Å². The Bertz CT molecular complexity index is 374. The molecular weight excluding hydrogens is 196 g/mol. The molecule has 1 aromatic carbocycles. The van der Waals surface area contributed by atoms with Crippen LogP contribution in [0.3, 0.4) is 0 Å². The van der Waals surface area contributed by atoms with E-state index in [1.807, 2.05) is 6.92 Å². The van der Waals surface area contributed by atoms with Crippen LogP contribution in [-0.4, -0.2) is 6.04 Å². The molecule has 0 spiro atoms. The Morgan fingerprint density at radius 1 is 1.44 bits per heavy atom. The number of hydrogen-bond donors (Lipinski definition) is 2. The molecule has 2 nitrogen and oxygen atoms in total. The number of benzene rings is 1. The minimum atomic E-state index is 0.308. The van der Waals surface area contributed by atoms with E-state index in [4.69, 9.17) is 5.84 Å². The highest BCUT2D eigenvalue weighted by atomic mass is 15.2. The Morgan fingerprint density at radius 3 is 2.88 bits per heavy atom. The van der Waals surface area contributed by atoms with Crippen LogP contribution in [0.4, 0.5) is 0 Å². The molecule has 0 saturated carbocycles. The second-order valence-corrected chi connectivity index (χ2v) is 4.02. The third-order valence-electron chi connectivity index (χ3n) is 2.59. The molecule has 1 rings (SSSR count). The fourth-order valence-corrected chi connectivity index (χ4v) is 1.74. The minimum absolute atomic E-state index is 0.308. The summed E-state index contributed by atoms with van der Waals surface area (Å²) in [5, 5.41) is 0. The summed E-state index contributed by atoms with van der Waals surface area (Å²) < 4.78 is 0. The highest BCUT2D eigenvalue weighted by molar-refractivity contribution is 5.23. The molecule has 0 amide bonds. The molecule has 0 aliphatic rings. The van der Waals surface area contributed by atoms with Crippen molar-refractivity contribution in [2.75, 3.05) is 0 Å². The van der Waals surface area contributed by atoms with Crippen LogP contribution in [0.15, 0.2) is 24.3 Å². The van der Waals surface area contributed by atoms with Gasteiger partial charge in [-0.2, -0.15) is 0 Å². The molecule has 0 radical (unpaired) electrons. The lowest BCUT2D eigenvalue weighted by Gasteiger charge is -2.14. The molecule has 16 heavy (non-hydrogen) atoms. The molecular formula is C14H20N2. The summed E-state index contributed by atoms with van der Waals surface area (Å²) in [6.07, 6.45) is 2.85. The van der Waals surface area contributed by atoms with Gasteiger partial charge in [0, 0.05) is 12.5 Å². The van der Waals surface area contributed by atoms with Crippen molar-refractivity contribution in [1.82, 2.24) is 5.43 Å². The van der Waals surface area contributed by atoms with Gasteiger partial charge in [-0.3, -0.25) is 11.3 Å². The third-order valence-corrected chi connectivity index (χ3v) is 2.59. The number of hydrogen-bond acceptors (Lipinski definition) is 2. The van der Waals surface area contributed by atoms with E-state index in [-0.39, 0.29) is 0 Å². The van der Waals surface area contributed by atoms with E-state index < -0.39 is 0 Å². The SMILES string of the molecule is CC#CCCC(Cc1cccc(C)c1)NN. The molecule has 1 atom stereocenters. The molecule has 0 saturated heterocycles. The van der Waals surface area contributed by atoms with Gasteiger partial charge in [0.05, 0.1) is 0 Å². The summed E-state index contributed by atoms with van der Waals surface area (Å²) in [5.41, 5.74) is 5.48. The van der Waals surface area contributed by atoms with Gasteiger partial charge in [0.2, 0.25) is 0 Å². The maximum Gasteiger partial charge on any atom is 0.0260 e. The maximum absolute atomic E-state index is 5.54. The first-order valence-electron chi connectivity index (χ1n) is 5.67. The fourth-order valence-electron chi connectivity index (χ4n) is 1.74. The molecule has 0 aliphatic carbocycles. The van der Waals surface area contributed by atoms with E-state index in [0.717, 1.165) is 19.3 Å². The lowest BCUT2D eigenvalue weighted by molar-refractivity contribution is 0.497. The number of aryl methyl sites for hydroxylation is 1. The van der Waals surface area contributed by atoms with Gasteiger partial charge in [0.1, 0.15) is 0 Å². The second kappa shape index (κ2) is 7.05. The molecule has 2 heteroatoms. The van der Waals surface area contributed by atoms with E-state index in [0.29, 0.717) is 6.04 Å². The molecule has 0 aromatic heterocycles. The Kier molecular flexibility index (Phi) is 5.63. The zero-order valence-electron chi connectivity index (χ0n) is 10.1. The zero-order chi connectivity index (χ0) is 11.8. The van der Waals surface area contributed by atoms with E-state index >= 15 is 0 Å². The van der Waals surface area contributed by atoms with Crippen LogP contribution < -0.4 is 11.3 Å². The minimum Gasteiger partial charge on any atom is -0.271 e. The van der Waals surface area contributed by atoms with Crippen molar-refractivity contribution < 1.29 is 0 Å². The summed E-state index contributed by atoms with van der Waals surface area (Å²) in [6, 6.07) is 8.85. The normalized spacial score (nSPS) is 11.7. The van der Waals surface area contributed by atoms with E-state index in [1.165, 1.54) is 11.1 Å². The van der Waals surface area contributed by atoms with Gasteiger partial charge in [0.15, 0.2) is 0 Å². The van der Waals surface area contributed by atoms with Crippen LogP contribution in [0.25, 0.3) is 0 Å². The lowest BCUT2D eigenvalue weighted by Crippen LogP contribution is -2.36. The summed E-state index contributed by atoms with van der Waals surface area (Å²) >= 11 is 0. The van der Waals surface area contributed by atoms with Crippen LogP contribution in [0.5, 0.6) is 0 Å². The van der Waals surface area contributed by atoms with Gasteiger partial charge in [-0.15, -0.1) is 11.8 Å². The quantitative estimate of drug-likeness (QED) is 0.450. The van der Waals surface area contributed by atoms with Crippen molar-refractivity contribution >= 4 is 0 Å². The van der Waals surface area contributed by atoms with Crippen LogP contribution in [0.1, 0.15) is 30.9 Å². The monoisotopic (exact) mass is 216 g/mol. The Balaban J connectivity index is 2.51. The van der Waals surface area contributed by atoms with Crippen molar-refractivity contribution in [3.63, 3.8) is 0 Å². The van der Waals surface area contributed by atoms with Crippen molar-refractivity contribution in [1.29, 1.82) is 0 Å². The highest BCUT2D eigenvalue weighted by Gasteiger charge is 2.06. The van der Waals surface area contributed by atoms with Gasteiger partial charge < -0.3 is 0 Å². The highest BCUT2D eigenvalue weighted by Crippen LogP contribution is 2.09. The average molecular weight is 216 g/mol. The van der Waals surface area contributed by atoms with Crippen LogP contribution in [0, 0.1) is 18.8 Å². The van der Waals surface area contributed by atoms with E-state index in [9.17, 15) is 0 Å². The van der Waals surface area contributed by atoms with Gasteiger partial charge in [-0.1, -0.05) is 29.8 Å². The molecule has 86 valence electrons. The molecule has 0 aliphatic heterocycles. The summed E-state index contributed by atoms with van der Waals surface area (Å²) in [6.45, 7) is 3.97.